The van der Waals surface area contributed by atoms with E-state index in [4.69, 9.17) is 23.2 Å². The maximum atomic E-state index is 6.42. The largest absolute Gasteiger partial charge is 0.279 e. The monoisotopic (exact) mass is 319 g/mol. The van der Waals surface area contributed by atoms with Gasteiger partial charge >= 0.3 is 0 Å². The molecule has 0 radical (unpaired) electrons. The highest BCUT2D eigenvalue weighted by Gasteiger charge is 2.17. The molecule has 3 aromatic rings. The summed E-state index contributed by atoms with van der Waals surface area (Å²) >= 11 is 12.3. The third-order valence-corrected chi connectivity index (χ3v) is 3.93. The molecule has 2 aromatic heterocycles. The Hall–Kier alpha value is -1.58. The van der Waals surface area contributed by atoms with Crippen molar-refractivity contribution in [2.24, 2.45) is 0 Å². The number of para-hydroxylation sites is 1. The lowest BCUT2D eigenvalue weighted by atomic mass is 10.2. The molecule has 0 atom stereocenters. The van der Waals surface area contributed by atoms with Gasteiger partial charge in [-0.2, -0.15) is 0 Å². The van der Waals surface area contributed by atoms with E-state index in [1.54, 1.807) is 0 Å². The van der Waals surface area contributed by atoms with Crippen molar-refractivity contribution in [2.45, 2.75) is 20.3 Å². The van der Waals surface area contributed by atoms with Crippen LogP contribution in [-0.2, 0) is 6.42 Å². The number of aromatic nitrogens is 3. The Kier molecular flexibility index (Phi) is 3.87. The van der Waals surface area contributed by atoms with Crippen LogP contribution >= 0.6 is 23.2 Å². The van der Waals surface area contributed by atoms with Gasteiger partial charge in [0.1, 0.15) is 11.3 Å². The van der Waals surface area contributed by atoms with Crippen LogP contribution in [0.5, 0.6) is 0 Å². The molecule has 2 heterocycles. The highest BCUT2D eigenvalue weighted by atomic mass is 35.5. The minimum atomic E-state index is 0.506. The number of halogens is 2. The zero-order chi connectivity index (χ0) is 15.0. The van der Waals surface area contributed by atoms with Gasteiger partial charge in [-0.25, -0.2) is 9.97 Å². The van der Waals surface area contributed by atoms with Crippen LogP contribution in [0.4, 0.5) is 0 Å². The minimum Gasteiger partial charge on any atom is -0.279 e. The molecular weight excluding hydrogens is 305 g/mol. The fourth-order valence-corrected chi connectivity index (χ4v) is 2.98. The Balaban J connectivity index is 2.36. The normalized spacial score (nSPS) is 11.2. The lowest BCUT2D eigenvalue weighted by Gasteiger charge is -2.13. The molecule has 0 aliphatic rings. The number of hydrogen-bond acceptors (Lipinski definition) is 2. The Bertz CT molecular complexity index is 788. The molecule has 0 fully saturated rings. The van der Waals surface area contributed by atoms with Crippen LogP contribution in [0.2, 0.25) is 5.02 Å². The van der Waals surface area contributed by atoms with Crippen LogP contribution in [-0.4, -0.2) is 20.4 Å². The molecular formula is C16H15Cl2N3. The number of imidazole rings is 1. The Labute approximate surface area is 133 Å². The summed E-state index contributed by atoms with van der Waals surface area (Å²) in [4.78, 5) is 9.22. The number of nitrogens with zero attached hydrogens (tertiary/aromatic N) is 3. The topological polar surface area (TPSA) is 30.7 Å². The van der Waals surface area contributed by atoms with Gasteiger partial charge in [-0.1, -0.05) is 23.7 Å². The van der Waals surface area contributed by atoms with Crippen LogP contribution < -0.4 is 0 Å². The van der Waals surface area contributed by atoms with Crippen molar-refractivity contribution in [3.05, 3.63) is 52.4 Å². The van der Waals surface area contributed by atoms with Gasteiger partial charge in [-0.3, -0.25) is 4.57 Å². The van der Waals surface area contributed by atoms with Gasteiger partial charge in [0.2, 0.25) is 0 Å². The second-order valence-corrected chi connectivity index (χ2v) is 5.85. The molecule has 0 bridgehead atoms. The summed E-state index contributed by atoms with van der Waals surface area (Å²) in [5.41, 5.74) is 4.78. The van der Waals surface area contributed by atoms with Gasteiger partial charge in [0, 0.05) is 18.5 Å². The van der Waals surface area contributed by atoms with Crippen molar-refractivity contribution in [3.63, 3.8) is 0 Å². The van der Waals surface area contributed by atoms with Gasteiger partial charge in [0.15, 0.2) is 5.65 Å². The zero-order valence-corrected chi connectivity index (χ0v) is 13.4. The molecule has 1 aromatic carbocycles. The summed E-state index contributed by atoms with van der Waals surface area (Å²) in [6.07, 6.45) is 2.51. The first-order valence-electron chi connectivity index (χ1n) is 6.77. The van der Waals surface area contributed by atoms with E-state index < -0.39 is 0 Å². The number of hydrogen-bond donors (Lipinski definition) is 0. The molecule has 108 valence electrons. The van der Waals surface area contributed by atoms with E-state index in [2.05, 4.69) is 9.97 Å². The minimum absolute atomic E-state index is 0.506. The van der Waals surface area contributed by atoms with Crippen LogP contribution in [0.1, 0.15) is 17.0 Å². The maximum Gasteiger partial charge on any atom is 0.164 e. The first kappa shape index (κ1) is 14.4. The van der Waals surface area contributed by atoms with E-state index in [0.29, 0.717) is 17.3 Å². The van der Waals surface area contributed by atoms with Gasteiger partial charge in [-0.05, 0) is 37.1 Å². The Morgan fingerprint density at radius 2 is 2.05 bits per heavy atom. The standard InChI is InChI=1S/C16H15Cl2N3/c1-10-8-13-16(19-9-10)21(14(20-13)6-7-17)15-11(2)4-3-5-12(15)18/h3-5,8-9H,6-7H2,1-2H3. The molecule has 0 spiro atoms. The van der Waals surface area contributed by atoms with Crippen LogP contribution in [0.15, 0.2) is 30.5 Å². The first-order chi connectivity index (χ1) is 10.1. The summed E-state index contributed by atoms with van der Waals surface area (Å²) in [6, 6.07) is 7.89. The first-order valence-corrected chi connectivity index (χ1v) is 7.68. The summed E-state index contributed by atoms with van der Waals surface area (Å²) in [7, 11) is 0. The number of rotatable bonds is 3. The number of pyridine rings is 1. The smallest absolute Gasteiger partial charge is 0.164 e. The van der Waals surface area contributed by atoms with Gasteiger partial charge in [0.05, 0.1) is 10.7 Å². The van der Waals surface area contributed by atoms with Crippen LogP contribution in [0.25, 0.3) is 16.9 Å². The molecule has 0 N–H and O–H groups in total. The summed E-state index contributed by atoms with van der Waals surface area (Å²) in [5.74, 6) is 1.39. The zero-order valence-electron chi connectivity index (χ0n) is 11.9. The van der Waals surface area contributed by atoms with Gasteiger partial charge in [0.25, 0.3) is 0 Å². The SMILES string of the molecule is Cc1cnc2c(c1)nc(CCCl)n2-c1c(C)cccc1Cl. The lowest BCUT2D eigenvalue weighted by molar-refractivity contribution is 0.900. The van der Waals surface area contributed by atoms with E-state index in [1.807, 2.05) is 48.9 Å². The second-order valence-electron chi connectivity index (χ2n) is 5.06. The Morgan fingerprint density at radius 3 is 2.76 bits per heavy atom. The molecule has 21 heavy (non-hydrogen) atoms. The highest BCUT2D eigenvalue weighted by Crippen LogP contribution is 2.29. The second kappa shape index (κ2) is 5.66. The lowest BCUT2D eigenvalue weighted by Crippen LogP contribution is -2.05. The van der Waals surface area contributed by atoms with Crippen molar-refractivity contribution in [1.82, 2.24) is 14.5 Å². The van der Waals surface area contributed by atoms with Crippen molar-refractivity contribution in [3.8, 4) is 5.69 Å². The van der Waals surface area contributed by atoms with E-state index in [9.17, 15) is 0 Å². The van der Waals surface area contributed by atoms with E-state index in [-0.39, 0.29) is 0 Å². The number of alkyl halides is 1. The van der Waals surface area contributed by atoms with Crippen molar-refractivity contribution < 1.29 is 0 Å². The van der Waals surface area contributed by atoms with Crippen LogP contribution in [0.3, 0.4) is 0 Å². The van der Waals surface area contributed by atoms with Gasteiger partial charge in [-0.15, -0.1) is 11.6 Å². The summed E-state index contributed by atoms with van der Waals surface area (Å²) in [6.45, 7) is 4.04. The summed E-state index contributed by atoms with van der Waals surface area (Å²) < 4.78 is 2.02. The molecule has 0 aliphatic carbocycles. The van der Waals surface area contributed by atoms with E-state index >= 15 is 0 Å². The molecule has 0 saturated carbocycles. The predicted molar refractivity (Wildman–Crippen MR) is 87.8 cm³/mol. The number of fused-ring (bicyclic) bond motifs is 1. The molecule has 3 nitrogen and oxygen atoms in total. The molecule has 5 heteroatoms. The fourth-order valence-electron chi connectivity index (χ4n) is 2.51. The average Bonchev–Trinajstić information content (AvgIpc) is 2.77. The molecule has 0 unspecified atom stereocenters. The van der Waals surface area contributed by atoms with Gasteiger partial charge < -0.3 is 0 Å². The predicted octanol–water partition coefficient (Wildman–Crippen LogP) is 4.47. The number of aryl methyl sites for hydroxylation is 3. The van der Waals surface area contributed by atoms with E-state index in [0.717, 1.165) is 33.8 Å². The maximum absolute atomic E-state index is 6.42. The van der Waals surface area contributed by atoms with Crippen molar-refractivity contribution >= 4 is 34.4 Å². The molecule has 0 saturated heterocycles. The molecule has 0 amide bonds. The third-order valence-electron chi connectivity index (χ3n) is 3.43. The quantitative estimate of drug-likeness (QED) is 0.667. The fraction of sp³-hybridized carbons (Fsp3) is 0.250. The summed E-state index contributed by atoms with van der Waals surface area (Å²) in [5, 5.41) is 0.687. The third kappa shape index (κ3) is 2.52. The molecule has 0 aliphatic heterocycles. The Morgan fingerprint density at radius 1 is 1.24 bits per heavy atom. The highest BCUT2D eigenvalue weighted by molar-refractivity contribution is 6.32. The van der Waals surface area contributed by atoms with Crippen LogP contribution in [0, 0.1) is 13.8 Å². The average molecular weight is 320 g/mol. The van der Waals surface area contributed by atoms with Crippen molar-refractivity contribution in [2.75, 3.05) is 5.88 Å². The van der Waals surface area contributed by atoms with Crippen molar-refractivity contribution in [1.29, 1.82) is 0 Å². The molecule has 3 rings (SSSR count). The van der Waals surface area contributed by atoms with E-state index in [1.165, 1.54) is 0 Å². The number of benzene rings is 1.